The van der Waals surface area contributed by atoms with Crippen molar-refractivity contribution in [3.8, 4) is 0 Å². The average Bonchev–Trinajstić information content (AvgIpc) is 2.92. The van der Waals surface area contributed by atoms with Gasteiger partial charge in [0.05, 0.1) is 10.7 Å². The van der Waals surface area contributed by atoms with Crippen molar-refractivity contribution in [1.82, 2.24) is 9.88 Å². The van der Waals surface area contributed by atoms with Crippen LogP contribution in [0.1, 0.15) is 53.5 Å². The fourth-order valence-electron chi connectivity index (χ4n) is 2.24. The number of rotatable bonds is 2. The number of ether oxygens (including phenoxy) is 1. The van der Waals surface area contributed by atoms with Crippen molar-refractivity contribution in [3.63, 3.8) is 0 Å². The van der Waals surface area contributed by atoms with E-state index in [9.17, 15) is 9.59 Å². The van der Waals surface area contributed by atoms with E-state index >= 15 is 0 Å². The molecule has 116 valence electrons. The highest BCUT2D eigenvalue weighted by atomic mass is 32.1. The number of aromatic carboxylic acids is 1. The lowest BCUT2D eigenvalue weighted by Gasteiger charge is -2.24. The van der Waals surface area contributed by atoms with Gasteiger partial charge in [0.1, 0.15) is 10.5 Å². The predicted octanol–water partition coefficient (Wildman–Crippen LogP) is 2.87. The van der Waals surface area contributed by atoms with Crippen molar-refractivity contribution in [2.75, 3.05) is 13.1 Å². The SMILES string of the molecule is Cc1nc([C@H]2CCN(C(=O)OC(C)(C)C)C2)sc1C(=O)O. The molecule has 7 heteroatoms. The van der Waals surface area contributed by atoms with Crippen molar-refractivity contribution < 1.29 is 19.4 Å². The van der Waals surface area contributed by atoms with Crippen molar-refractivity contribution in [2.24, 2.45) is 0 Å². The van der Waals surface area contributed by atoms with Gasteiger partial charge in [-0.25, -0.2) is 14.6 Å². The first-order valence-corrected chi connectivity index (χ1v) is 7.67. The Bertz CT molecular complexity index is 562. The van der Waals surface area contributed by atoms with E-state index in [1.807, 2.05) is 20.8 Å². The molecule has 0 bridgehead atoms. The summed E-state index contributed by atoms with van der Waals surface area (Å²) in [6, 6.07) is 0. The van der Waals surface area contributed by atoms with Crippen LogP contribution >= 0.6 is 11.3 Å². The van der Waals surface area contributed by atoms with Gasteiger partial charge in [0, 0.05) is 19.0 Å². The number of carbonyl (C=O) groups excluding carboxylic acids is 1. The molecule has 2 heterocycles. The number of nitrogens with zero attached hydrogens (tertiary/aromatic N) is 2. The summed E-state index contributed by atoms with van der Waals surface area (Å²) >= 11 is 1.20. The van der Waals surface area contributed by atoms with E-state index < -0.39 is 11.6 Å². The standard InChI is InChI=1S/C14H20N2O4S/c1-8-10(12(17)18)21-11(15-8)9-5-6-16(7-9)13(19)20-14(2,3)4/h9H,5-7H2,1-4H3,(H,17,18)/t9-/m0/s1. The van der Waals surface area contributed by atoms with Gasteiger partial charge in [-0.2, -0.15) is 0 Å². The van der Waals surface area contributed by atoms with Crippen LogP contribution in [0.3, 0.4) is 0 Å². The first-order valence-electron chi connectivity index (χ1n) is 6.86. The van der Waals surface area contributed by atoms with Crippen molar-refractivity contribution in [1.29, 1.82) is 0 Å². The molecule has 1 saturated heterocycles. The molecule has 0 aromatic carbocycles. The van der Waals surface area contributed by atoms with Gasteiger partial charge in [-0.1, -0.05) is 0 Å². The number of hydrogen-bond donors (Lipinski definition) is 1. The molecule has 1 fully saturated rings. The van der Waals surface area contributed by atoms with Gasteiger partial charge in [-0.15, -0.1) is 11.3 Å². The van der Waals surface area contributed by atoms with Gasteiger partial charge in [0.25, 0.3) is 0 Å². The fraction of sp³-hybridized carbons (Fsp3) is 0.643. The lowest BCUT2D eigenvalue weighted by atomic mass is 10.1. The number of amides is 1. The van der Waals surface area contributed by atoms with Crippen LogP contribution in [0, 0.1) is 6.92 Å². The zero-order valence-electron chi connectivity index (χ0n) is 12.7. The van der Waals surface area contributed by atoms with E-state index in [4.69, 9.17) is 9.84 Å². The molecule has 1 atom stereocenters. The molecule has 21 heavy (non-hydrogen) atoms. The second-order valence-corrected chi connectivity index (χ2v) is 7.21. The Balaban J connectivity index is 2.04. The highest BCUT2D eigenvalue weighted by Gasteiger charge is 2.32. The molecule has 1 aromatic heterocycles. The lowest BCUT2D eigenvalue weighted by Crippen LogP contribution is -2.35. The molecule has 2 rings (SSSR count). The number of likely N-dealkylation sites (tertiary alicyclic amines) is 1. The minimum Gasteiger partial charge on any atom is -0.477 e. The largest absolute Gasteiger partial charge is 0.477 e. The second-order valence-electron chi connectivity index (χ2n) is 6.18. The van der Waals surface area contributed by atoms with Gasteiger partial charge in [-0.3, -0.25) is 0 Å². The van der Waals surface area contributed by atoms with E-state index in [-0.39, 0.29) is 16.9 Å². The number of carboxylic acids is 1. The Labute approximate surface area is 127 Å². The Hall–Kier alpha value is -1.63. The van der Waals surface area contributed by atoms with Crippen LogP contribution < -0.4 is 0 Å². The molecule has 0 radical (unpaired) electrons. The summed E-state index contributed by atoms with van der Waals surface area (Å²) < 4.78 is 5.35. The van der Waals surface area contributed by atoms with Crippen LogP contribution in [-0.4, -0.2) is 45.7 Å². The molecule has 0 saturated carbocycles. The van der Waals surface area contributed by atoms with Crippen molar-refractivity contribution >= 4 is 23.4 Å². The van der Waals surface area contributed by atoms with Gasteiger partial charge in [0.15, 0.2) is 0 Å². The quantitative estimate of drug-likeness (QED) is 0.908. The van der Waals surface area contributed by atoms with Crippen LogP contribution in [0.2, 0.25) is 0 Å². The third-order valence-corrected chi connectivity index (χ3v) is 4.50. The van der Waals surface area contributed by atoms with Crippen LogP contribution in [0.25, 0.3) is 0 Å². The van der Waals surface area contributed by atoms with Crippen LogP contribution in [0.15, 0.2) is 0 Å². The molecular formula is C14H20N2O4S. The van der Waals surface area contributed by atoms with Crippen molar-refractivity contribution in [3.05, 3.63) is 15.6 Å². The first kappa shape index (κ1) is 15.8. The number of hydrogen-bond acceptors (Lipinski definition) is 5. The van der Waals surface area contributed by atoms with E-state index in [0.717, 1.165) is 11.4 Å². The van der Waals surface area contributed by atoms with Crippen LogP contribution in [0.4, 0.5) is 4.79 Å². The minimum absolute atomic E-state index is 0.0920. The summed E-state index contributed by atoms with van der Waals surface area (Å²) in [6.07, 6.45) is 0.461. The second kappa shape index (κ2) is 5.63. The molecule has 0 aliphatic carbocycles. The van der Waals surface area contributed by atoms with Crippen LogP contribution in [0.5, 0.6) is 0 Å². The predicted molar refractivity (Wildman–Crippen MR) is 79.0 cm³/mol. The molecule has 1 aliphatic heterocycles. The lowest BCUT2D eigenvalue weighted by molar-refractivity contribution is 0.0292. The van der Waals surface area contributed by atoms with Gasteiger partial charge < -0.3 is 14.7 Å². The maximum atomic E-state index is 12.0. The van der Waals surface area contributed by atoms with Gasteiger partial charge in [-0.05, 0) is 34.1 Å². The molecule has 6 nitrogen and oxygen atoms in total. The summed E-state index contributed by atoms with van der Waals surface area (Å²) in [7, 11) is 0. The number of carboxylic acid groups (broad SMARTS) is 1. The van der Waals surface area contributed by atoms with Gasteiger partial charge in [0.2, 0.25) is 0 Å². The third kappa shape index (κ3) is 3.72. The number of thiazole rings is 1. The zero-order chi connectivity index (χ0) is 15.8. The van der Waals surface area contributed by atoms with E-state index in [1.54, 1.807) is 11.8 Å². The Morgan fingerprint density at radius 1 is 1.43 bits per heavy atom. The van der Waals surface area contributed by atoms with Gasteiger partial charge >= 0.3 is 12.1 Å². The fourth-order valence-corrected chi connectivity index (χ4v) is 3.28. The zero-order valence-corrected chi connectivity index (χ0v) is 13.5. The van der Waals surface area contributed by atoms with Crippen LogP contribution in [-0.2, 0) is 4.74 Å². The topological polar surface area (TPSA) is 79.7 Å². The average molecular weight is 312 g/mol. The maximum Gasteiger partial charge on any atom is 0.410 e. The monoisotopic (exact) mass is 312 g/mol. The van der Waals surface area contributed by atoms with E-state index in [2.05, 4.69) is 4.98 Å². The number of aromatic nitrogens is 1. The highest BCUT2D eigenvalue weighted by molar-refractivity contribution is 7.13. The maximum absolute atomic E-state index is 12.0. The van der Waals surface area contributed by atoms with E-state index in [0.29, 0.717) is 18.8 Å². The molecule has 0 spiro atoms. The Morgan fingerprint density at radius 3 is 2.62 bits per heavy atom. The summed E-state index contributed by atoms with van der Waals surface area (Å²) in [5.74, 6) is -0.854. The molecular weight excluding hydrogens is 292 g/mol. The smallest absolute Gasteiger partial charge is 0.410 e. The third-order valence-electron chi connectivity index (χ3n) is 3.20. The van der Waals surface area contributed by atoms with E-state index in [1.165, 1.54) is 11.3 Å². The normalized spacial score (nSPS) is 18.9. The molecule has 1 amide bonds. The Morgan fingerprint density at radius 2 is 2.10 bits per heavy atom. The molecule has 1 N–H and O–H groups in total. The van der Waals surface area contributed by atoms with Crippen molar-refractivity contribution in [2.45, 2.75) is 45.6 Å². The molecule has 0 unspecified atom stereocenters. The highest BCUT2D eigenvalue weighted by Crippen LogP contribution is 2.32. The minimum atomic E-state index is -0.946. The Kier molecular flexibility index (Phi) is 4.22. The number of carbonyl (C=O) groups is 2. The number of aryl methyl sites for hydroxylation is 1. The summed E-state index contributed by atoms with van der Waals surface area (Å²) in [4.78, 5) is 29.4. The first-order chi connectivity index (χ1) is 9.67. The summed E-state index contributed by atoms with van der Waals surface area (Å²) in [6.45, 7) is 8.34. The summed E-state index contributed by atoms with van der Waals surface area (Å²) in [5, 5.41) is 9.86. The summed E-state index contributed by atoms with van der Waals surface area (Å²) in [5.41, 5.74) is 0.0295. The molecule has 1 aliphatic rings. The molecule has 1 aromatic rings.